The summed E-state index contributed by atoms with van der Waals surface area (Å²) in [6.45, 7) is 2.91. The Morgan fingerprint density at radius 1 is 1.42 bits per heavy atom. The first kappa shape index (κ1) is 18.4. The molecule has 1 aromatic heterocycles. The van der Waals surface area contributed by atoms with E-state index in [-0.39, 0.29) is 28.5 Å². The van der Waals surface area contributed by atoms with Gasteiger partial charge in [0.15, 0.2) is 0 Å². The molecular formula is C17H20N4O4S. The summed E-state index contributed by atoms with van der Waals surface area (Å²) in [4.78, 5) is 24.8. The molecule has 0 N–H and O–H groups in total. The predicted molar refractivity (Wildman–Crippen MR) is 96.8 cm³/mol. The van der Waals surface area contributed by atoms with Gasteiger partial charge < -0.3 is 9.32 Å². The number of carbonyl (C=O) groups is 1. The van der Waals surface area contributed by atoms with Crippen LogP contribution in [0.5, 0.6) is 0 Å². The van der Waals surface area contributed by atoms with Gasteiger partial charge in [-0.2, -0.15) is 0 Å². The minimum Gasteiger partial charge on any atom is -0.411 e. The van der Waals surface area contributed by atoms with E-state index in [9.17, 15) is 14.9 Å². The van der Waals surface area contributed by atoms with Crippen molar-refractivity contribution >= 4 is 23.4 Å². The summed E-state index contributed by atoms with van der Waals surface area (Å²) in [6.07, 6.45) is 4.24. The van der Waals surface area contributed by atoms with E-state index in [2.05, 4.69) is 17.1 Å². The second-order valence-corrected chi connectivity index (χ2v) is 7.04. The van der Waals surface area contributed by atoms with Gasteiger partial charge in [-0.1, -0.05) is 24.8 Å². The Bertz CT molecular complexity index is 795. The lowest BCUT2D eigenvalue weighted by atomic mass is 10.0. The van der Waals surface area contributed by atoms with Crippen molar-refractivity contribution in [2.45, 2.75) is 43.9 Å². The van der Waals surface area contributed by atoms with Crippen molar-refractivity contribution < 1.29 is 14.1 Å². The van der Waals surface area contributed by atoms with Crippen LogP contribution >= 0.6 is 11.8 Å². The van der Waals surface area contributed by atoms with E-state index in [1.807, 2.05) is 4.90 Å². The number of nitro groups is 1. The molecule has 138 valence electrons. The Morgan fingerprint density at radius 3 is 3.04 bits per heavy atom. The minimum absolute atomic E-state index is 0.0409. The number of rotatable bonds is 6. The Kier molecular flexibility index (Phi) is 5.87. The van der Waals surface area contributed by atoms with Crippen LogP contribution in [0.1, 0.15) is 32.6 Å². The maximum absolute atomic E-state index is 12.5. The highest BCUT2D eigenvalue weighted by atomic mass is 32.2. The van der Waals surface area contributed by atoms with E-state index in [0.29, 0.717) is 11.6 Å². The molecule has 2 heterocycles. The molecule has 0 radical (unpaired) electrons. The van der Waals surface area contributed by atoms with E-state index in [4.69, 9.17) is 4.42 Å². The van der Waals surface area contributed by atoms with Gasteiger partial charge in [0.1, 0.15) is 0 Å². The van der Waals surface area contributed by atoms with Gasteiger partial charge in [-0.3, -0.25) is 14.9 Å². The fraction of sp³-hybridized carbons (Fsp3) is 0.471. The van der Waals surface area contributed by atoms with Crippen molar-refractivity contribution in [3.8, 4) is 11.5 Å². The highest BCUT2D eigenvalue weighted by molar-refractivity contribution is 7.99. The second kappa shape index (κ2) is 8.31. The molecule has 9 heteroatoms. The number of likely N-dealkylation sites (tertiary alicyclic amines) is 1. The number of piperidine rings is 1. The molecule has 0 aliphatic carbocycles. The summed E-state index contributed by atoms with van der Waals surface area (Å²) in [6, 6.07) is 6.33. The number of amides is 1. The predicted octanol–water partition coefficient (Wildman–Crippen LogP) is 3.53. The standard InChI is InChI=1S/C17H20N4O4S/c1-2-13-7-3-4-9-20(13)15(22)11-26-17-19-18-16(25-17)12-6-5-8-14(10-12)21(23)24/h5-6,8,10,13H,2-4,7,9,11H2,1H3/t13-/m1/s1. The molecule has 26 heavy (non-hydrogen) atoms. The van der Waals surface area contributed by atoms with E-state index in [0.717, 1.165) is 25.8 Å². The van der Waals surface area contributed by atoms with Crippen LogP contribution in [0.15, 0.2) is 33.9 Å². The molecule has 3 rings (SSSR count). The zero-order valence-electron chi connectivity index (χ0n) is 14.5. The van der Waals surface area contributed by atoms with Crippen LogP contribution in [0.2, 0.25) is 0 Å². The van der Waals surface area contributed by atoms with E-state index < -0.39 is 4.92 Å². The zero-order chi connectivity index (χ0) is 18.5. The molecule has 1 aromatic carbocycles. The van der Waals surface area contributed by atoms with Crippen LogP contribution in [0.4, 0.5) is 5.69 Å². The molecule has 2 aromatic rings. The van der Waals surface area contributed by atoms with Crippen LogP contribution in [-0.2, 0) is 4.79 Å². The van der Waals surface area contributed by atoms with Crippen molar-refractivity contribution in [1.29, 1.82) is 0 Å². The molecule has 0 spiro atoms. The number of nitrogens with zero attached hydrogens (tertiary/aromatic N) is 4. The molecule has 1 aliphatic rings. The topological polar surface area (TPSA) is 102 Å². The van der Waals surface area contributed by atoms with Gasteiger partial charge >= 0.3 is 0 Å². The summed E-state index contributed by atoms with van der Waals surface area (Å²) in [5, 5.41) is 19.0. The Labute approximate surface area is 155 Å². The van der Waals surface area contributed by atoms with Crippen LogP contribution in [0, 0.1) is 10.1 Å². The lowest BCUT2D eigenvalue weighted by molar-refractivity contribution is -0.384. The SMILES string of the molecule is CC[C@@H]1CCCCN1C(=O)CSc1nnc(-c2cccc([N+](=O)[O-])c2)o1. The molecule has 0 saturated carbocycles. The first-order valence-corrected chi connectivity index (χ1v) is 9.57. The molecular weight excluding hydrogens is 356 g/mol. The monoisotopic (exact) mass is 376 g/mol. The normalized spacial score (nSPS) is 17.3. The summed E-state index contributed by atoms with van der Waals surface area (Å²) in [7, 11) is 0. The third kappa shape index (κ3) is 4.21. The van der Waals surface area contributed by atoms with Crippen molar-refractivity contribution in [2.24, 2.45) is 0 Å². The molecule has 1 atom stereocenters. The molecule has 1 aliphatic heterocycles. The summed E-state index contributed by atoms with van der Waals surface area (Å²) >= 11 is 1.20. The molecule has 0 bridgehead atoms. The van der Waals surface area contributed by atoms with E-state index in [1.165, 1.54) is 30.3 Å². The molecule has 8 nitrogen and oxygen atoms in total. The van der Waals surface area contributed by atoms with Crippen molar-refractivity contribution in [3.05, 3.63) is 34.4 Å². The lowest BCUT2D eigenvalue weighted by Crippen LogP contribution is -2.44. The van der Waals surface area contributed by atoms with Gasteiger partial charge in [0, 0.05) is 30.3 Å². The van der Waals surface area contributed by atoms with Gasteiger partial charge in [0.25, 0.3) is 10.9 Å². The number of thioether (sulfide) groups is 1. The Morgan fingerprint density at radius 2 is 2.27 bits per heavy atom. The van der Waals surface area contributed by atoms with Gasteiger partial charge in [-0.15, -0.1) is 10.2 Å². The summed E-state index contributed by atoms with van der Waals surface area (Å²) in [5.41, 5.74) is 0.438. The first-order chi connectivity index (χ1) is 12.6. The zero-order valence-corrected chi connectivity index (χ0v) is 15.3. The molecule has 1 amide bonds. The first-order valence-electron chi connectivity index (χ1n) is 8.59. The van der Waals surface area contributed by atoms with Crippen LogP contribution in [0.25, 0.3) is 11.5 Å². The average molecular weight is 376 g/mol. The quantitative estimate of drug-likeness (QED) is 0.432. The summed E-state index contributed by atoms with van der Waals surface area (Å²) in [5.74, 6) is 0.525. The molecule has 0 unspecified atom stereocenters. The van der Waals surface area contributed by atoms with E-state index in [1.54, 1.807) is 12.1 Å². The van der Waals surface area contributed by atoms with Gasteiger partial charge in [0.2, 0.25) is 11.8 Å². The smallest absolute Gasteiger partial charge is 0.277 e. The highest BCUT2D eigenvalue weighted by Gasteiger charge is 2.25. The number of hydrogen-bond acceptors (Lipinski definition) is 7. The number of benzene rings is 1. The van der Waals surface area contributed by atoms with Crippen molar-refractivity contribution in [3.63, 3.8) is 0 Å². The lowest BCUT2D eigenvalue weighted by Gasteiger charge is -2.35. The average Bonchev–Trinajstić information content (AvgIpc) is 3.15. The number of hydrogen-bond donors (Lipinski definition) is 0. The second-order valence-electron chi connectivity index (χ2n) is 6.11. The van der Waals surface area contributed by atoms with E-state index >= 15 is 0 Å². The van der Waals surface area contributed by atoms with Crippen molar-refractivity contribution in [1.82, 2.24) is 15.1 Å². The molecule has 1 saturated heterocycles. The van der Waals surface area contributed by atoms with Crippen LogP contribution < -0.4 is 0 Å². The number of non-ortho nitro benzene ring substituents is 1. The molecule has 1 fully saturated rings. The fourth-order valence-electron chi connectivity index (χ4n) is 3.10. The highest BCUT2D eigenvalue weighted by Crippen LogP contribution is 2.27. The van der Waals surface area contributed by atoms with Gasteiger partial charge in [0.05, 0.1) is 10.7 Å². The number of aromatic nitrogens is 2. The number of nitro benzene ring substituents is 1. The third-order valence-electron chi connectivity index (χ3n) is 4.45. The fourth-order valence-corrected chi connectivity index (χ4v) is 3.75. The van der Waals surface area contributed by atoms with Crippen LogP contribution in [0.3, 0.4) is 0 Å². The number of carbonyl (C=O) groups excluding carboxylic acids is 1. The maximum atomic E-state index is 12.5. The maximum Gasteiger partial charge on any atom is 0.277 e. The van der Waals surface area contributed by atoms with Gasteiger partial charge in [-0.05, 0) is 31.7 Å². The Hall–Kier alpha value is -2.42. The summed E-state index contributed by atoms with van der Waals surface area (Å²) < 4.78 is 5.54. The van der Waals surface area contributed by atoms with Crippen molar-refractivity contribution in [2.75, 3.05) is 12.3 Å². The van der Waals surface area contributed by atoms with Gasteiger partial charge in [-0.25, -0.2) is 0 Å². The van der Waals surface area contributed by atoms with Crippen LogP contribution in [-0.4, -0.2) is 44.3 Å². The minimum atomic E-state index is -0.475. The third-order valence-corrected chi connectivity index (χ3v) is 5.25. The largest absolute Gasteiger partial charge is 0.411 e. The Balaban J connectivity index is 1.63.